The van der Waals surface area contributed by atoms with E-state index in [2.05, 4.69) is 43.1 Å². The SMILES string of the molecule is Cc1cccc(CCN(C)CC2(CO)CC2)c1. The van der Waals surface area contributed by atoms with Gasteiger partial charge in [0.1, 0.15) is 0 Å². The second kappa shape index (κ2) is 5.19. The Labute approximate surface area is 104 Å². The largest absolute Gasteiger partial charge is 0.396 e. The lowest BCUT2D eigenvalue weighted by Gasteiger charge is -2.22. The fourth-order valence-corrected chi connectivity index (χ4v) is 2.38. The van der Waals surface area contributed by atoms with Gasteiger partial charge in [-0.1, -0.05) is 29.8 Å². The van der Waals surface area contributed by atoms with Gasteiger partial charge in [0.25, 0.3) is 0 Å². The van der Waals surface area contributed by atoms with Crippen LogP contribution in [0.25, 0.3) is 0 Å². The highest BCUT2D eigenvalue weighted by molar-refractivity contribution is 5.22. The third kappa shape index (κ3) is 3.55. The standard InChI is InChI=1S/C15H23NO/c1-13-4-3-5-14(10-13)6-9-16(2)11-15(12-17)7-8-15/h3-5,10,17H,6-9,11-12H2,1-2H3. The van der Waals surface area contributed by atoms with Crippen molar-refractivity contribution in [2.24, 2.45) is 5.41 Å². The van der Waals surface area contributed by atoms with Crippen LogP contribution >= 0.6 is 0 Å². The van der Waals surface area contributed by atoms with E-state index >= 15 is 0 Å². The van der Waals surface area contributed by atoms with Crippen LogP contribution < -0.4 is 0 Å². The number of aliphatic hydroxyl groups excluding tert-OH is 1. The molecule has 0 unspecified atom stereocenters. The predicted molar refractivity (Wildman–Crippen MR) is 71.1 cm³/mol. The van der Waals surface area contributed by atoms with E-state index in [1.54, 1.807) is 0 Å². The minimum absolute atomic E-state index is 0.237. The molecule has 0 amide bonds. The summed E-state index contributed by atoms with van der Waals surface area (Å²) in [6, 6.07) is 8.71. The maximum Gasteiger partial charge on any atom is 0.0499 e. The first kappa shape index (κ1) is 12.6. The molecule has 17 heavy (non-hydrogen) atoms. The molecule has 1 aliphatic rings. The Morgan fingerprint density at radius 2 is 2.12 bits per heavy atom. The monoisotopic (exact) mass is 233 g/mol. The maximum atomic E-state index is 9.30. The Morgan fingerprint density at radius 1 is 1.35 bits per heavy atom. The smallest absolute Gasteiger partial charge is 0.0499 e. The molecule has 0 spiro atoms. The molecule has 1 fully saturated rings. The molecule has 1 aliphatic carbocycles. The maximum absolute atomic E-state index is 9.30. The highest BCUT2D eigenvalue weighted by Crippen LogP contribution is 2.45. The van der Waals surface area contributed by atoms with Crippen LogP contribution in [0.1, 0.15) is 24.0 Å². The van der Waals surface area contributed by atoms with Gasteiger partial charge in [0.2, 0.25) is 0 Å². The number of nitrogens with zero attached hydrogens (tertiary/aromatic N) is 1. The lowest BCUT2D eigenvalue weighted by molar-refractivity contribution is 0.165. The van der Waals surface area contributed by atoms with Crippen molar-refractivity contribution in [2.75, 3.05) is 26.7 Å². The van der Waals surface area contributed by atoms with Gasteiger partial charge in [-0.05, 0) is 38.8 Å². The van der Waals surface area contributed by atoms with Crippen molar-refractivity contribution >= 4 is 0 Å². The summed E-state index contributed by atoms with van der Waals surface area (Å²) in [4.78, 5) is 2.35. The first-order valence-electron chi connectivity index (χ1n) is 6.49. The van der Waals surface area contributed by atoms with Crippen LogP contribution in [-0.4, -0.2) is 36.8 Å². The van der Waals surface area contributed by atoms with Gasteiger partial charge in [0, 0.05) is 25.1 Å². The molecule has 0 aromatic heterocycles. The average Bonchev–Trinajstić information content (AvgIpc) is 3.07. The van der Waals surface area contributed by atoms with Crippen LogP contribution in [-0.2, 0) is 6.42 Å². The molecular formula is C15H23NO. The van der Waals surface area contributed by atoms with Gasteiger partial charge < -0.3 is 10.0 Å². The van der Waals surface area contributed by atoms with E-state index in [0.29, 0.717) is 6.61 Å². The summed E-state index contributed by atoms with van der Waals surface area (Å²) >= 11 is 0. The number of hydrogen-bond donors (Lipinski definition) is 1. The molecule has 0 atom stereocenters. The van der Waals surface area contributed by atoms with Crippen LogP contribution in [0.15, 0.2) is 24.3 Å². The Bertz CT molecular complexity index is 371. The van der Waals surface area contributed by atoms with E-state index in [9.17, 15) is 5.11 Å². The Morgan fingerprint density at radius 3 is 2.71 bits per heavy atom. The van der Waals surface area contributed by atoms with Crippen molar-refractivity contribution in [3.8, 4) is 0 Å². The molecule has 1 N–H and O–H groups in total. The van der Waals surface area contributed by atoms with E-state index in [0.717, 1.165) is 19.5 Å². The lowest BCUT2D eigenvalue weighted by Crippen LogP contribution is -2.30. The molecule has 0 aliphatic heterocycles. The number of benzene rings is 1. The van der Waals surface area contributed by atoms with Crippen molar-refractivity contribution in [1.29, 1.82) is 0 Å². The van der Waals surface area contributed by atoms with Gasteiger partial charge in [-0.2, -0.15) is 0 Å². The zero-order valence-electron chi connectivity index (χ0n) is 10.9. The summed E-state index contributed by atoms with van der Waals surface area (Å²) in [5.74, 6) is 0. The normalized spacial score (nSPS) is 17.4. The Kier molecular flexibility index (Phi) is 3.85. The second-order valence-corrected chi connectivity index (χ2v) is 5.63. The average molecular weight is 233 g/mol. The number of aryl methyl sites for hydroxylation is 1. The first-order chi connectivity index (χ1) is 8.13. The molecule has 2 rings (SSSR count). The van der Waals surface area contributed by atoms with E-state index in [1.165, 1.54) is 24.0 Å². The number of likely N-dealkylation sites (N-methyl/N-ethyl adjacent to an activating group) is 1. The second-order valence-electron chi connectivity index (χ2n) is 5.63. The molecular weight excluding hydrogens is 210 g/mol. The quantitative estimate of drug-likeness (QED) is 0.814. The fraction of sp³-hybridized carbons (Fsp3) is 0.600. The third-order valence-corrected chi connectivity index (χ3v) is 3.76. The van der Waals surface area contributed by atoms with Gasteiger partial charge in [-0.15, -0.1) is 0 Å². The van der Waals surface area contributed by atoms with Crippen LogP contribution in [0, 0.1) is 12.3 Å². The topological polar surface area (TPSA) is 23.5 Å². The van der Waals surface area contributed by atoms with Crippen molar-refractivity contribution < 1.29 is 5.11 Å². The summed E-state index contributed by atoms with van der Waals surface area (Å²) in [5, 5.41) is 9.30. The van der Waals surface area contributed by atoms with Crippen LogP contribution in [0.5, 0.6) is 0 Å². The van der Waals surface area contributed by atoms with Gasteiger partial charge in [-0.3, -0.25) is 0 Å². The van der Waals surface area contributed by atoms with E-state index in [4.69, 9.17) is 0 Å². The zero-order valence-corrected chi connectivity index (χ0v) is 10.9. The molecule has 1 aromatic carbocycles. The van der Waals surface area contributed by atoms with Crippen molar-refractivity contribution in [2.45, 2.75) is 26.2 Å². The summed E-state index contributed by atoms with van der Waals surface area (Å²) < 4.78 is 0. The molecule has 1 aromatic rings. The molecule has 0 bridgehead atoms. The molecule has 1 saturated carbocycles. The molecule has 2 heteroatoms. The van der Waals surface area contributed by atoms with E-state index in [-0.39, 0.29) is 5.41 Å². The molecule has 2 nitrogen and oxygen atoms in total. The summed E-state index contributed by atoms with van der Waals surface area (Å²) in [5.41, 5.74) is 2.98. The van der Waals surface area contributed by atoms with Gasteiger partial charge in [-0.25, -0.2) is 0 Å². The Balaban J connectivity index is 1.78. The summed E-state index contributed by atoms with van der Waals surface area (Å²) in [6.07, 6.45) is 3.48. The van der Waals surface area contributed by atoms with Crippen LogP contribution in [0.3, 0.4) is 0 Å². The number of rotatable bonds is 6. The van der Waals surface area contributed by atoms with Gasteiger partial charge in [0.05, 0.1) is 0 Å². The zero-order chi connectivity index (χ0) is 12.3. The van der Waals surface area contributed by atoms with Crippen LogP contribution in [0.2, 0.25) is 0 Å². The van der Waals surface area contributed by atoms with Crippen molar-refractivity contribution in [3.63, 3.8) is 0 Å². The summed E-state index contributed by atoms with van der Waals surface area (Å²) in [6.45, 7) is 4.60. The van der Waals surface area contributed by atoms with Crippen molar-refractivity contribution in [3.05, 3.63) is 35.4 Å². The summed E-state index contributed by atoms with van der Waals surface area (Å²) in [7, 11) is 2.16. The van der Waals surface area contributed by atoms with E-state index < -0.39 is 0 Å². The lowest BCUT2D eigenvalue weighted by atomic mass is 10.1. The fourth-order valence-electron chi connectivity index (χ4n) is 2.38. The van der Waals surface area contributed by atoms with Gasteiger partial charge >= 0.3 is 0 Å². The highest BCUT2D eigenvalue weighted by atomic mass is 16.3. The highest BCUT2D eigenvalue weighted by Gasteiger charge is 2.42. The minimum Gasteiger partial charge on any atom is -0.396 e. The Hall–Kier alpha value is -0.860. The van der Waals surface area contributed by atoms with E-state index in [1.807, 2.05) is 0 Å². The molecule has 94 valence electrons. The number of aliphatic hydroxyl groups is 1. The third-order valence-electron chi connectivity index (χ3n) is 3.76. The molecule has 0 saturated heterocycles. The first-order valence-corrected chi connectivity index (χ1v) is 6.49. The molecule has 0 radical (unpaired) electrons. The molecule has 0 heterocycles. The van der Waals surface area contributed by atoms with Crippen molar-refractivity contribution in [1.82, 2.24) is 4.90 Å². The number of hydrogen-bond acceptors (Lipinski definition) is 2. The predicted octanol–water partition coefficient (Wildman–Crippen LogP) is 2.24. The van der Waals surface area contributed by atoms with Crippen LogP contribution in [0.4, 0.5) is 0 Å². The minimum atomic E-state index is 0.237. The van der Waals surface area contributed by atoms with Gasteiger partial charge in [0.15, 0.2) is 0 Å².